The molecule has 1 unspecified atom stereocenters. The molecule has 0 radical (unpaired) electrons. The molecule has 0 saturated heterocycles. The summed E-state index contributed by atoms with van der Waals surface area (Å²) in [6.45, 7) is 4.11. The van der Waals surface area contributed by atoms with E-state index in [9.17, 15) is 0 Å². The minimum absolute atomic E-state index is 0.518. The summed E-state index contributed by atoms with van der Waals surface area (Å²) in [6.07, 6.45) is 3.81. The van der Waals surface area contributed by atoms with Crippen molar-refractivity contribution < 1.29 is 4.74 Å². The van der Waals surface area contributed by atoms with Gasteiger partial charge in [-0.1, -0.05) is 20.3 Å². The number of methoxy groups -OCH3 is 1. The summed E-state index contributed by atoms with van der Waals surface area (Å²) in [7, 11) is 1.61. The van der Waals surface area contributed by atoms with E-state index in [1.54, 1.807) is 7.11 Å². The van der Waals surface area contributed by atoms with Gasteiger partial charge in [-0.25, -0.2) is 0 Å². The van der Waals surface area contributed by atoms with Gasteiger partial charge < -0.3 is 4.74 Å². The van der Waals surface area contributed by atoms with Gasteiger partial charge in [0.15, 0.2) is 5.60 Å². The molecule has 0 amide bonds. The highest BCUT2D eigenvalue weighted by atomic mass is 16.5. The van der Waals surface area contributed by atoms with E-state index >= 15 is 0 Å². The average Bonchev–Trinajstić information content (AvgIpc) is 2.08. The van der Waals surface area contributed by atoms with E-state index in [0.717, 1.165) is 25.7 Å². The summed E-state index contributed by atoms with van der Waals surface area (Å²) < 4.78 is 5.18. The van der Waals surface area contributed by atoms with Crippen LogP contribution in [0.15, 0.2) is 0 Å². The molecule has 64 valence electrons. The number of ether oxygens (including phenoxy) is 1. The molecule has 0 spiro atoms. The second kappa shape index (κ2) is 5.15. The number of nitrogens with zero attached hydrogens (tertiary/aromatic N) is 1. The first kappa shape index (κ1) is 10.4. The largest absolute Gasteiger partial charge is 0.363 e. The molecule has 2 nitrogen and oxygen atoms in total. The van der Waals surface area contributed by atoms with Gasteiger partial charge in [-0.2, -0.15) is 5.26 Å². The fourth-order valence-corrected chi connectivity index (χ4v) is 1.07. The third kappa shape index (κ3) is 2.90. The molecule has 0 fully saturated rings. The molecule has 0 N–H and O–H groups in total. The zero-order valence-electron chi connectivity index (χ0n) is 7.68. The quantitative estimate of drug-likeness (QED) is 0.611. The number of nitriles is 1. The van der Waals surface area contributed by atoms with E-state index < -0.39 is 5.60 Å². The molecule has 0 aliphatic carbocycles. The molecular weight excluding hydrogens is 138 g/mol. The van der Waals surface area contributed by atoms with Gasteiger partial charge in [0.05, 0.1) is 6.07 Å². The van der Waals surface area contributed by atoms with Gasteiger partial charge in [0.1, 0.15) is 0 Å². The second-order valence-electron chi connectivity index (χ2n) is 2.77. The zero-order valence-corrected chi connectivity index (χ0v) is 7.68. The van der Waals surface area contributed by atoms with Crippen LogP contribution in [0, 0.1) is 11.3 Å². The van der Waals surface area contributed by atoms with E-state index in [0.29, 0.717) is 0 Å². The van der Waals surface area contributed by atoms with E-state index in [1.807, 2.05) is 6.92 Å². The first-order chi connectivity index (χ1) is 5.24. The summed E-state index contributed by atoms with van der Waals surface area (Å²) in [5, 5.41) is 8.83. The van der Waals surface area contributed by atoms with Crippen LogP contribution in [0.3, 0.4) is 0 Å². The molecule has 0 aliphatic rings. The van der Waals surface area contributed by atoms with Gasteiger partial charge in [0, 0.05) is 7.11 Å². The number of hydrogen-bond acceptors (Lipinski definition) is 2. The molecule has 1 atom stereocenters. The van der Waals surface area contributed by atoms with Crippen molar-refractivity contribution in [3.05, 3.63) is 0 Å². The smallest absolute Gasteiger partial charge is 0.153 e. The first-order valence-corrected chi connectivity index (χ1v) is 4.21. The Kier molecular flexibility index (Phi) is 4.89. The molecule has 0 saturated carbocycles. The third-order valence-corrected chi connectivity index (χ3v) is 2.10. The Bertz CT molecular complexity index is 133. The maximum absolute atomic E-state index is 8.83. The summed E-state index contributed by atoms with van der Waals surface area (Å²) in [5.41, 5.74) is -0.518. The minimum Gasteiger partial charge on any atom is -0.363 e. The molecule has 0 heterocycles. The van der Waals surface area contributed by atoms with Crippen molar-refractivity contribution >= 4 is 0 Å². The van der Waals surface area contributed by atoms with Crippen molar-refractivity contribution in [1.29, 1.82) is 5.26 Å². The van der Waals surface area contributed by atoms with Crippen molar-refractivity contribution in [3.8, 4) is 6.07 Å². The van der Waals surface area contributed by atoms with Crippen molar-refractivity contribution in [3.63, 3.8) is 0 Å². The topological polar surface area (TPSA) is 33.0 Å². The van der Waals surface area contributed by atoms with Crippen LogP contribution < -0.4 is 0 Å². The molecule has 0 aliphatic heterocycles. The Balaban J connectivity index is 3.97. The van der Waals surface area contributed by atoms with Crippen LogP contribution in [0.1, 0.15) is 39.5 Å². The van der Waals surface area contributed by atoms with Crippen LogP contribution >= 0.6 is 0 Å². The van der Waals surface area contributed by atoms with Crippen LogP contribution in [0.25, 0.3) is 0 Å². The van der Waals surface area contributed by atoms with Crippen LogP contribution in [-0.2, 0) is 4.74 Å². The van der Waals surface area contributed by atoms with Crippen LogP contribution in [0.5, 0.6) is 0 Å². The van der Waals surface area contributed by atoms with Crippen molar-refractivity contribution in [2.75, 3.05) is 7.11 Å². The Hall–Kier alpha value is -0.550. The van der Waals surface area contributed by atoms with Crippen molar-refractivity contribution in [2.45, 2.75) is 45.1 Å². The molecule has 0 aromatic heterocycles. The number of hydrogen-bond donors (Lipinski definition) is 0. The van der Waals surface area contributed by atoms with Gasteiger partial charge in [-0.05, 0) is 19.3 Å². The third-order valence-electron chi connectivity index (χ3n) is 2.10. The maximum atomic E-state index is 8.83. The van der Waals surface area contributed by atoms with E-state index in [2.05, 4.69) is 13.0 Å². The lowest BCUT2D eigenvalue weighted by Gasteiger charge is -2.22. The van der Waals surface area contributed by atoms with Crippen LogP contribution in [0.4, 0.5) is 0 Å². The van der Waals surface area contributed by atoms with Gasteiger partial charge in [0.25, 0.3) is 0 Å². The summed E-state index contributed by atoms with van der Waals surface area (Å²) in [4.78, 5) is 0. The lowest BCUT2D eigenvalue weighted by molar-refractivity contribution is 0.0268. The van der Waals surface area contributed by atoms with Crippen LogP contribution in [-0.4, -0.2) is 12.7 Å². The Morgan fingerprint density at radius 1 is 1.45 bits per heavy atom. The standard InChI is InChI=1S/C9H17NO/c1-4-6-7-9(5-2,8-10)11-3/h4-7H2,1-3H3. The predicted molar refractivity (Wildman–Crippen MR) is 45.2 cm³/mol. The van der Waals surface area contributed by atoms with E-state index in [4.69, 9.17) is 10.00 Å². The van der Waals surface area contributed by atoms with Crippen molar-refractivity contribution in [1.82, 2.24) is 0 Å². The van der Waals surface area contributed by atoms with Crippen LogP contribution in [0.2, 0.25) is 0 Å². The van der Waals surface area contributed by atoms with Gasteiger partial charge >= 0.3 is 0 Å². The Labute approximate surface area is 69.2 Å². The average molecular weight is 155 g/mol. The normalized spacial score (nSPS) is 15.5. The highest BCUT2D eigenvalue weighted by Gasteiger charge is 2.25. The summed E-state index contributed by atoms with van der Waals surface area (Å²) in [5.74, 6) is 0. The monoisotopic (exact) mass is 155 g/mol. The maximum Gasteiger partial charge on any atom is 0.153 e. The SMILES string of the molecule is CCCCC(C#N)(CC)OC. The summed E-state index contributed by atoms with van der Waals surface area (Å²) in [6, 6.07) is 2.23. The highest BCUT2D eigenvalue weighted by molar-refractivity contribution is 5.00. The van der Waals surface area contributed by atoms with E-state index in [-0.39, 0.29) is 0 Å². The molecule has 11 heavy (non-hydrogen) atoms. The molecule has 2 heteroatoms. The molecule has 0 rings (SSSR count). The molecular formula is C9H17NO. The Morgan fingerprint density at radius 3 is 2.36 bits per heavy atom. The predicted octanol–water partition coefficient (Wildman–Crippen LogP) is 2.50. The van der Waals surface area contributed by atoms with E-state index in [1.165, 1.54) is 0 Å². The first-order valence-electron chi connectivity index (χ1n) is 4.21. The fraction of sp³-hybridized carbons (Fsp3) is 0.889. The molecule has 0 aromatic rings. The Morgan fingerprint density at radius 2 is 2.09 bits per heavy atom. The molecule has 0 aromatic carbocycles. The lowest BCUT2D eigenvalue weighted by Crippen LogP contribution is -2.28. The van der Waals surface area contributed by atoms with Gasteiger partial charge in [-0.15, -0.1) is 0 Å². The number of rotatable bonds is 5. The minimum atomic E-state index is -0.518. The lowest BCUT2D eigenvalue weighted by atomic mass is 9.95. The van der Waals surface area contributed by atoms with Crippen molar-refractivity contribution in [2.24, 2.45) is 0 Å². The second-order valence-corrected chi connectivity index (χ2v) is 2.77. The summed E-state index contributed by atoms with van der Waals surface area (Å²) >= 11 is 0. The number of unbranched alkanes of at least 4 members (excludes halogenated alkanes) is 1. The fourth-order valence-electron chi connectivity index (χ4n) is 1.07. The molecule has 0 bridgehead atoms. The highest BCUT2D eigenvalue weighted by Crippen LogP contribution is 2.21. The van der Waals surface area contributed by atoms with Gasteiger partial charge in [-0.3, -0.25) is 0 Å². The van der Waals surface area contributed by atoms with Gasteiger partial charge in [0.2, 0.25) is 0 Å². The zero-order chi connectivity index (χ0) is 8.74.